The van der Waals surface area contributed by atoms with Crippen LogP contribution in [0.1, 0.15) is 11.1 Å². The zero-order chi connectivity index (χ0) is 24.4. The lowest BCUT2D eigenvalue weighted by Gasteiger charge is -2.35. The van der Waals surface area contributed by atoms with Gasteiger partial charge in [-0.2, -0.15) is 0 Å². The van der Waals surface area contributed by atoms with Crippen molar-refractivity contribution in [2.24, 2.45) is 0 Å². The number of nitro groups is 1. The number of hydrogen-bond donors (Lipinski definition) is 1. The molecule has 5 rings (SSSR count). The summed E-state index contributed by atoms with van der Waals surface area (Å²) in [5.41, 5.74) is 1.77. The van der Waals surface area contributed by atoms with E-state index in [4.69, 9.17) is 32.7 Å². The van der Waals surface area contributed by atoms with E-state index in [-0.39, 0.29) is 24.8 Å². The summed E-state index contributed by atoms with van der Waals surface area (Å²) in [7, 11) is 0. The minimum absolute atomic E-state index is 0.148. The molecule has 0 saturated carbocycles. The van der Waals surface area contributed by atoms with Crippen molar-refractivity contribution in [2.75, 3.05) is 43.2 Å². The Labute approximate surface area is 211 Å². The molecule has 1 N–H and O–H groups in total. The zero-order valence-corrected chi connectivity index (χ0v) is 20.1. The Kier molecular flexibility index (Phi) is 6.76. The van der Waals surface area contributed by atoms with Crippen LogP contribution in [0.15, 0.2) is 42.7 Å². The number of hydrogen-bond acceptors (Lipinski definition) is 9. The fourth-order valence-electron chi connectivity index (χ4n) is 4.21. The molecular weight excluding hydrogens is 495 g/mol. The maximum absolute atomic E-state index is 12.0. The van der Waals surface area contributed by atoms with Crippen LogP contribution >= 0.6 is 23.2 Å². The molecule has 3 aromatic rings. The van der Waals surface area contributed by atoms with E-state index < -0.39 is 4.92 Å². The standard InChI is InChI=1S/C23H22Cl2N6O4/c24-17-7-16(8-18(25)10-17)11-26-22-21(31(32)33)23(28-13-27-22)30-5-3-29(4-6-30)12-15-1-2-19-20(9-15)35-14-34-19/h1-2,7-10,13H,3-6,11-12,14H2,(H,26,27,28). The van der Waals surface area contributed by atoms with Crippen LogP contribution in [0, 0.1) is 10.1 Å². The number of piperazine rings is 1. The van der Waals surface area contributed by atoms with Gasteiger partial charge in [-0.3, -0.25) is 15.0 Å². The number of anilines is 2. The van der Waals surface area contributed by atoms with E-state index in [9.17, 15) is 10.1 Å². The number of nitrogens with one attached hydrogen (secondary N) is 1. The Balaban J connectivity index is 1.26. The maximum atomic E-state index is 12.0. The van der Waals surface area contributed by atoms with Gasteiger partial charge in [-0.05, 0) is 41.5 Å². The molecule has 1 aromatic heterocycles. The van der Waals surface area contributed by atoms with Gasteiger partial charge in [0, 0.05) is 49.3 Å². The maximum Gasteiger partial charge on any atom is 0.353 e. The molecule has 35 heavy (non-hydrogen) atoms. The van der Waals surface area contributed by atoms with Crippen LogP contribution in [0.4, 0.5) is 17.3 Å². The number of rotatable bonds is 7. The largest absolute Gasteiger partial charge is 0.454 e. The second kappa shape index (κ2) is 10.1. The van der Waals surface area contributed by atoms with Crippen LogP contribution < -0.4 is 19.7 Å². The van der Waals surface area contributed by atoms with Crippen molar-refractivity contribution in [3.8, 4) is 11.5 Å². The third-order valence-corrected chi connectivity index (χ3v) is 6.32. The van der Waals surface area contributed by atoms with Gasteiger partial charge in [0.25, 0.3) is 0 Å². The average Bonchev–Trinajstić information content (AvgIpc) is 3.30. The van der Waals surface area contributed by atoms with E-state index in [2.05, 4.69) is 20.2 Å². The predicted molar refractivity (Wildman–Crippen MR) is 133 cm³/mol. The lowest BCUT2D eigenvalue weighted by atomic mass is 10.1. The first-order valence-corrected chi connectivity index (χ1v) is 11.8. The molecule has 0 amide bonds. The van der Waals surface area contributed by atoms with Crippen molar-refractivity contribution in [3.63, 3.8) is 0 Å². The van der Waals surface area contributed by atoms with Crippen molar-refractivity contribution in [1.29, 1.82) is 0 Å². The van der Waals surface area contributed by atoms with Gasteiger partial charge in [0.05, 0.1) is 4.92 Å². The van der Waals surface area contributed by atoms with E-state index >= 15 is 0 Å². The zero-order valence-electron chi connectivity index (χ0n) is 18.6. The minimum Gasteiger partial charge on any atom is -0.454 e. The normalized spacial score (nSPS) is 15.3. The summed E-state index contributed by atoms with van der Waals surface area (Å²) >= 11 is 12.1. The molecule has 2 aliphatic rings. The second-order valence-corrected chi connectivity index (χ2v) is 9.11. The molecule has 3 heterocycles. The van der Waals surface area contributed by atoms with Gasteiger partial charge in [0.1, 0.15) is 6.33 Å². The first-order chi connectivity index (χ1) is 17.0. The van der Waals surface area contributed by atoms with E-state index in [0.29, 0.717) is 29.0 Å². The van der Waals surface area contributed by atoms with E-state index in [1.165, 1.54) is 6.33 Å². The molecule has 0 radical (unpaired) electrons. The third-order valence-electron chi connectivity index (χ3n) is 5.88. The highest BCUT2D eigenvalue weighted by Crippen LogP contribution is 2.34. The fourth-order valence-corrected chi connectivity index (χ4v) is 4.78. The first-order valence-electron chi connectivity index (χ1n) is 11.0. The second-order valence-electron chi connectivity index (χ2n) is 8.23. The van der Waals surface area contributed by atoms with Crippen LogP contribution in [0.3, 0.4) is 0 Å². The summed E-state index contributed by atoms with van der Waals surface area (Å²) in [6.07, 6.45) is 1.34. The number of fused-ring (bicyclic) bond motifs is 1. The van der Waals surface area contributed by atoms with Crippen LogP contribution in [0.25, 0.3) is 0 Å². The van der Waals surface area contributed by atoms with Crippen molar-refractivity contribution < 1.29 is 14.4 Å². The van der Waals surface area contributed by atoms with Crippen molar-refractivity contribution >= 4 is 40.5 Å². The van der Waals surface area contributed by atoms with Crippen molar-refractivity contribution in [2.45, 2.75) is 13.1 Å². The molecule has 182 valence electrons. The van der Waals surface area contributed by atoms with Gasteiger partial charge in [-0.15, -0.1) is 0 Å². The fraction of sp³-hybridized carbons (Fsp3) is 0.304. The monoisotopic (exact) mass is 516 g/mol. The highest BCUT2D eigenvalue weighted by molar-refractivity contribution is 6.34. The van der Waals surface area contributed by atoms with E-state index in [1.807, 2.05) is 23.1 Å². The Morgan fingerprint density at radius 3 is 2.46 bits per heavy atom. The molecule has 2 aliphatic heterocycles. The molecule has 0 unspecified atom stereocenters. The molecule has 1 fully saturated rings. The lowest BCUT2D eigenvalue weighted by molar-refractivity contribution is -0.383. The third kappa shape index (κ3) is 5.34. The van der Waals surface area contributed by atoms with E-state index in [1.54, 1.807) is 18.2 Å². The molecule has 0 bridgehead atoms. The highest BCUT2D eigenvalue weighted by Gasteiger charge is 2.29. The van der Waals surface area contributed by atoms with Crippen LogP contribution in [-0.4, -0.2) is 52.8 Å². The lowest BCUT2D eigenvalue weighted by Crippen LogP contribution is -2.46. The number of benzene rings is 2. The van der Waals surface area contributed by atoms with Crippen LogP contribution in [-0.2, 0) is 13.1 Å². The first kappa shape index (κ1) is 23.4. The van der Waals surface area contributed by atoms with Gasteiger partial charge in [0.15, 0.2) is 11.5 Å². The summed E-state index contributed by atoms with van der Waals surface area (Å²) in [5.74, 6) is 1.98. The summed E-state index contributed by atoms with van der Waals surface area (Å²) in [6.45, 7) is 3.96. The Hall–Kier alpha value is -3.34. The van der Waals surface area contributed by atoms with E-state index in [0.717, 1.165) is 42.3 Å². The molecule has 2 aromatic carbocycles. The topological polar surface area (TPSA) is 106 Å². The van der Waals surface area contributed by atoms with Gasteiger partial charge >= 0.3 is 5.69 Å². The SMILES string of the molecule is O=[N+]([O-])c1c(NCc2cc(Cl)cc(Cl)c2)ncnc1N1CCN(Cc2ccc3c(c2)OCO3)CC1. The van der Waals surface area contributed by atoms with Gasteiger partial charge in [0.2, 0.25) is 18.4 Å². The summed E-state index contributed by atoms with van der Waals surface area (Å²) in [4.78, 5) is 24.2. The summed E-state index contributed by atoms with van der Waals surface area (Å²) in [5, 5.41) is 16.0. The Morgan fingerprint density at radius 2 is 1.71 bits per heavy atom. The van der Waals surface area contributed by atoms with Crippen molar-refractivity contribution in [3.05, 3.63) is 74.0 Å². The van der Waals surface area contributed by atoms with Crippen LogP contribution in [0.2, 0.25) is 10.0 Å². The van der Waals surface area contributed by atoms with Crippen LogP contribution in [0.5, 0.6) is 11.5 Å². The molecule has 12 heteroatoms. The van der Waals surface area contributed by atoms with Gasteiger partial charge in [-0.1, -0.05) is 29.3 Å². The number of ether oxygens (including phenoxy) is 2. The average molecular weight is 517 g/mol. The Morgan fingerprint density at radius 1 is 0.971 bits per heavy atom. The number of aromatic nitrogens is 2. The quantitative estimate of drug-likeness (QED) is 0.362. The van der Waals surface area contributed by atoms with Crippen molar-refractivity contribution in [1.82, 2.24) is 14.9 Å². The number of halogens is 2. The minimum atomic E-state index is -0.443. The predicted octanol–water partition coefficient (Wildman–Crippen LogP) is 4.35. The number of nitrogens with zero attached hydrogens (tertiary/aromatic N) is 5. The smallest absolute Gasteiger partial charge is 0.353 e. The van der Waals surface area contributed by atoms with Gasteiger partial charge in [-0.25, -0.2) is 9.97 Å². The molecule has 0 atom stereocenters. The molecule has 10 nitrogen and oxygen atoms in total. The Bertz CT molecular complexity index is 1230. The molecular formula is C23H22Cl2N6O4. The summed E-state index contributed by atoms with van der Waals surface area (Å²) < 4.78 is 10.8. The molecule has 1 saturated heterocycles. The molecule has 0 aliphatic carbocycles. The molecule has 0 spiro atoms. The summed E-state index contributed by atoms with van der Waals surface area (Å²) in [6, 6.07) is 11.1. The highest BCUT2D eigenvalue weighted by atomic mass is 35.5. The van der Waals surface area contributed by atoms with Gasteiger partial charge < -0.3 is 19.7 Å².